The number of carbonyl (C=O) groups excluding carboxylic acids is 2. The highest BCUT2D eigenvalue weighted by Crippen LogP contribution is 2.66. The lowest BCUT2D eigenvalue weighted by atomic mass is 9.63. The average Bonchev–Trinajstić information content (AvgIpc) is 3.38. The third-order valence-electron chi connectivity index (χ3n) is 9.88. The fourth-order valence-electron chi connectivity index (χ4n) is 7.93. The van der Waals surface area contributed by atoms with Gasteiger partial charge in [0, 0.05) is 30.8 Å². The molecule has 46 heavy (non-hydrogen) atoms. The summed E-state index contributed by atoms with van der Waals surface area (Å²) in [6.45, 7) is 17.7. The van der Waals surface area contributed by atoms with Crippen molar-refractivity contribution in [3.05, 3.63) is 88.8 Å². The maximum atomic E-state index is 12.6. The minimum atomic E-state index is -1.12. The van der Waals surface area contributed by atoms with Gasteiger partial charge in [-0.25, -0.2) is 0 Å². The molecule has 0 aromatic carbocycles. The molecule has 6 atom stereocenters. The molecule has 7 heteroatoms. The Labute approximate surface area is 274 Å². The zero-order valence-electron chi connectivity index (χ0n) is 29.0. The smallest absolute Gasteiger partial charge is 0.317 e. The van der Waals surface area contributed by atoms with Crippen LogP contribution in [0.2, 0.25) is 0 Å². The van der Waals surface area contributed by atoms with Gasteiger partial charge in [0.1, 0.15) is 23.9 Å². The number of carbonyl (C=O) groups is 2. The van der Waals surface area contributed by atoms with Crippen LogP contribution in [0, 0.1) is 16.7 Å². The molecule has 2 N–H and O–H groups in total. The van der Waals surface area contributed by atoms with Crippen molar-refractivity contribution in [3.8, 4) is 0 Å². The van der Waals surface area contributed by atoms with Crippen molar-refractivity contribution in [3.63, 3.8) is 0 Å². The van der Waals surface area contributed by atoms with Crippen molar-refractivity contribution < 1.29 is 34.0 Å². The third kappa shape index (κ3) is 7.66. The Morgan fingerprint density at radius 2 is 1.59 bits per heavy atom. The van der Waals surface area contributed by atoms with Gasteiger partial charge in [-0.2, -0.15) is 0 Å². The highest BCUT2D eigenvalue weighted by atomic mass is 16.6. The zero-order valence-corrected chi connectivity index (χ0v) is 29.0. The van der Waals surface area contributed by atoms with Gasteiger partial charge >= 0.3 is 11.9 Å². The Hall–Kier alpha value is -3.22. The molecule has 2 heterocycles. The van der Waals surface area contributed by atoms with E-state index in [-0.39, 0.29) is 41.6 Å². The fourth-order valence-corrected chi connectivity index (χ4v) is 7.93. The Bertz CT molecular complexity index is 1450. The maximum absolute atomic E-state index is 12.6. The molecule has 6 unspecified atom stereocenters. The van der Waals surface area contributed by atoms with E-state index in [0.29, 0.717) is 25.7 Å². The van der Waals surface area contributed by atoms with Gasteiger partial charge in [-0.15, -0.1) is 5.73 Å². The number of cyclic esters (lactones) is 1. The Morgan fingerprint density at radius 1 is 0.935 bits per heavy atom. The van der Waals surface area contributed by atoms with Crippen molar-refractivity contribution in [2.45, 2.75) is 117 Å². The summed E-state index contributed by atoms with van der Waals surface area (Å²) >= 11 is 0. The molecule has 7 nitrogen and oxygen atoms in total. The van der Waals surface area contributed by atoms with Crippen molar-refractivity contribution >= 4 is 11.9 Å². The molecule has 0 spiro atoms. The lowest BCUT2D eigenvalue weighted by Crippen LogP contribution is -2.46. The third-order valence-corrected chi connectivity index (χ3v) is 9.88. The van der Waals surface area contributed by atoms with Crippen molar-refractivity contribution in [1.29, 1.82) is 0 Å². The van der Waals surface area contributed by atoms with E-state index in [1.165, 1.54) is 6.92 Å². The standard InChI is InChI=1S/C39H52O7/c1-26(16-17-33-35(4,5)23-31(45-28(3)40)24-37(33,8)43)14-12-10-11-13-15-27(2)20-29-25-44-34(42)32(29)18-19-39-36(6,7)21-30(41)22-38(39,9)46-39/h10-16,18-20,30-32,41,43H,21-25H2,1-9H3/b12-10+,13-11+,19-18+,26-14+,27-15+,29-20+. The number of rotatable bonds is 8. The fraction of sp³-hybridized carbons (Fsp3) is 0.564. The van der Waals surface area contributed by atoms with Crippen LogP contribution in [0.15, 0.2) is 88.8 Å². The van der Waals surface area contributed by atoms with E-state index >= 15 is 0 Å². The number of epoxide rings is 1. The molecule has 2 saturated heterocycles. The van der Waals surface area contributed by atoms with E-state index < -0.39 is 22.7 Å². The second-order valence-electron chi connectivity index (χ2n) is 15.2. The molecule has 0 amide bonds. The molecule has 0 bridgehead atoms. The number of hydrogen-bond donors (Lipinski definition) is 2. The van der Waals surface area contributed by atoms with E-state index in [2.05, 4.69) is 19.6 Å². The number of aliphatic hydroxyl groups excluding tert-OH is 1. The summed E-state index contributed by atoms with van der Waals surface area (Å²) in [5.41, 5.74) is 4.39. The molecule has 0 aromatic heterocycles. The molecule has 4 aliphatic rings. The Kier molecular flexibility index (Phi) is 10.2. The molecule has 0 aromatic rings. The molecular formula is C39H52O7. The van der Waals surface area contributed by atoms with E-state index in [1.807, 2.05) is 95.4 Å². The second kappa shape index (κ2) is 13.1. The first kappa shape index (κ1) is 35.6. The predicted octanol–water partition coefficient (Wildman–Crippen LogP) is 6.94. The van der Waals surface area contributed by atoms with Crippen LogP contribution in [0.4, 0.5) is 0 Å². The first-order valence-electron chi connectivity index (χ1n) is 16.3. The maximum Gasteiger partial charge on any atom is 0.317 e. The van der Waals surface area contributed by atoms with Crippen molar-refractivity contribution in [1.82, 2.24) is 0 Å². The SMILES string of the molecule is CC(=O)OC1CC(C)(C)C(=C=C/C(C)=C/C=C/C=C/C=C(C)/C=C2\COC(=O)C2/C=C/C23OC2(C)CC(O)CC3(C)C)C(C)(O)C1. The van der Waals surface area contributed by atoms with E-state index in [1.54, 1.807) is 6.92 Å². The van der Waals surface area contributed by atoms with E-state index in [4.69, 9.17) is 14.2 Å². The number of ether oxygens (including phenoxy) is 3. The average molecular weight is 633 g/mol. The summed E-state index contributed by atoms with van der Waals surface area (Å²) in [4.78, 5) is 24.1. The summed E-state index contributed by atoms with van der Waals surface area (Å²) in [5.74, 6) is -1.04. The van der Waals surface area contributed by atoms with Crippen LogP contribution in [0.5, 0.6) is 0 Å². The van der Waals surface area contributed by atoms with Gasteiger partial charge in [0.15, 0.2) is 0 Å². The predicted molar refractivity (Wildman–Crippen MR) is 179 cm³/mol. The van der Waals surface area contributed by atoms with Crippen molar-refractivity contribution in [2.24, 2.45) is 16.7 Å². The lowest BCUT2D eigenvalue weighted by Gasteiger charge is -2.44. The first-order chi connectivity index (χ1) is 21.3. The Morgan fingerprint density at radius 3 is 2.20 bits per heavy atom. The normalized spacial score (nSPS) is 36.7. The van der Waals surface area contributed by atoms with Crippen molar-refractivity contribution in [2.75, 3.05) is 6.61 Å². The minimum Gasteiger partial charge on any atom is -0.462 e. The summed E-state index contributed by atoms with van der Waals surface area (Å²) in [5, 5.41) is 21.4. The highest BCUT2D eigenvalue weighted by Gasteiger charge is 2.74. The van der Waals surface area contributed by atoms with Gasteiger partial charge < -0.3 is 24.4 Å². The van der Waals surface area contributed by atoms with Crippen LogP contribution in [-0.2, 0) is 23.8 Å². The number of allylic oxidation sites excluding steroid dienone is 9. The lowest BCUT2D eigenvalue weighted by molar-refractivity contribution is -0.152. The van der Waals surface area contributed by atoms with E-state index in [9.17, 15) is 19.8 Å². The molecule has 2 aliphatic carbocycles. The summed E-state index contributed by atoms with van der Waals surface area (Å²) in [7, 11) is 0. The number of esters is 2. The van der Waals surface area contributed by atoms with E-state index in [0.717, 1.165) is 22.3 Å². The summed E-state index contributed by atoms with van der Waals surface area (Å²) in [6, 6.07) is 0. The molecule has 4 rings (SSSR count). The minimum absolute atomic E-state index is 0.248. The second-order valence-corrected chi connectivity index (χ2v) is 15.2. The Balaban J connectivity index is 1.38. The first-order valence-corrected chi connectivity index (χ1v) is 16.3. The molecule has 250 valence electrons. The molecule has 0 radical (unpaired) electrons. The van der Waals surface area contributed by atoms with Crippen LogP contribution >= 0.6 is 0 Å². The van der Waals surface area contributed by atoms with Crippen LogP contribution < -0.4 is 0 Å². The summed E-state index contributed by atoms with van der Waals surface area (Å²) in [6.07, 6.45) is 21.1. The zero-order chi connectivity index (χ0) is 34.1. The number of fused-ring (bicyclic) bond motifs is 1. The molecule has 2 saturated carbocycles. The highest BCUT2D eigenvalue weighted by molar-refractivity contribution is 5.81. The van der Waals surface area contributed by atoms with Gasteiger partial charge in [-0.3, -0.25) is 9.59 Å². The van der Waals surface area contributed by atoms with Crippen LogP contribution in [0.25, 0.3) is 0 Å². The van der Waals surface area contributed by atoms with Gasteiger partial charge in [0.05, 0.1) is 17.6 Å². The van der Waals surface area contributed by atoms with Gasteiger partial charge in [-0.05, 0) is 63.2 Å². The topological polar surface area (TPSA) is 106 Å². The van der Waals surface area contributed by atoms with Gasteiger partial charge in [0.25, 0.3) is 0 Å². The molecule has 2 aliphatic heterocycles. The molecule has 4 fully saturated rings. The number of aliphatic hydroxyl groups is 2. The van der Waals surface area contributed by atoms with Crippen LogP contribution in [0.1, 0.15) is 88.0 Å². The quantitative estimate of drug-likeness (QED) is 0.0982. The monoisotopic (exact) mass is 632 g/mol. The molecular weight excluding hydrogens is 580 g/mol. The van der Waals surface area contributed by atoms with Gasteiger partial charge in [-0.1, -0.05) is 88.0 Å². The largest absolute Gasteiger partial charge is 0.462 e. The number of hydrogen-bond acceptors (Lipinski definition) is 7. The van der Waals surface area contributed by atoms with Crippen LogP contribution in [-0.4, -0.2) is 57.8 Å². The summed E-state index contributed by atoms with van der Waals surface area (Å²) < 4.78 is 17.0. The van der Waals surface area contributed by atoms with Gasteiger partial charge in [0.2, 0.25) is 0 Å². The van der Waals surface area contributed by atoms with Crippen LogP contribution in [0.3, 0.4) is 0 Å².